The summed E-state index contributed by atoms with van der Waals surface area (Å²) in [7, 11) is -3.16. The van der Waals surface area contributed by atoms with Gasteiger partial charge in [0.15, 0.2) is 0 Å². The fourth-order valence-corrected chi connectivity index (χ4v) is 4.88. The molecule has 0 atom stereocenters. The SMILES string of the molecule is CCOP(=O)(Cc1ccc(NC(=O)Nc2c(C)cccc2C(C)(C)C)cc1)OCC. The zero-order valence-corrected chi connectivity index (χ0v) is 19.6. The van der Waals surface area contributed by atoms with Gasteiger partial charge in [0.05, 0.1) is 19.4 Å². The minimum Gasteiger partial charge on any atom is -0.309 e. The van der Waals surface area contributed by atoms with Gasteiger partial charge in [0.2, 0.25) is 0 Å². The number of hydrogen-bond donors (Lipinski definition) is 2. The molecule has 0 radical (unpaired) electrons. The van der Waals surface area contributed by atoms with Crippen LogP contribution in [0.25, 0.3) is 0 Å². The number of aryl methyl sites for hydroxylation is 1. The molecule has 0 aromatic heterocycles. The molecule has 0 aliphatic heterocycles. The number of para-hydroxylation sites is 1. The van der Waals surface area contributed by atoms with Crippen molar-refractivity contribution in [3.63, 3.8) is 0 Å². The van der Waals surface area contributed by atoms with Gasteiger partial charge in [-0.05, 0) is 55.0 Å². The van der Waals surface area contributed by atoms with E-state index in [2.05, 4.69) is 31.4 Å². The number of carbonyl (C=O) groups is 1. The lowest BCUT2D eigenvalue weighted by molar-refractivity contribution is 0.219. The van der Waals surface area contributed by atoms with E-state index in [1.807, 2.05) is 37.3 Å². The van der Waals surface area contributed by atoms with Gasteiger partial charge in [0.25, 0.3) is 0 Å². The fraction of sp³-hybridized carbons (Fsp3) is 0.435. The monoisotopic (exact) mass is 432 g/mol. The number of anilines is 2. The molecular formula is C23H33N2O4P. The van der Waals surface area contributed by atoms with E-state index in [-0.39, 0.29) is 17.6 Å². The highest BCUT2D eigenvalue weighted by Crippen LogP contribution is 2.51. The molecule has 0 heterocycles. The second-order valence-corrected chi connectivity index (χ2v) is 10.2. The van der Waals surface area contributed by atoms with E-state index in [4.69, 9.17) is 9.05 Å². The first-order valence-corrected chi connectivity index (χ1v) is 12.0. The third-order valence-electron chi connectivity index (χ3n) is 4.56. The molecule has 164 valence electrons. The van der Waals surface area contributed by atoms with Crippen molar-refractivity contribution in [1.82, 2.24) is 0 Å². The van der Waals surface area contributed by atoms with E-state index in [1.165, 1.54) is 0 Å². The van der Waals surface area contributed by atoms with Crippen LogP contribution in [-0.2, 0) is 25.2 Å². The van der Waals surface area contributed by atoms with Gasteiger partial charge < -0.3 is 19.7 Å². The number of amides is 2. The summed E-state index contributed by atoms with van der Waals surface area (Å²) in [5.74, 6) is 0. The number of hydrogen-bond acceptors (Lipinski definition) is 4. The first kappa shape index (κ1) is 24.1. The molecule has 0 bridgehead atoms. The van der Waals surface area contributed by atoms with Crippen LogP contribution in [0.1, 0.15) is 51.3 Å². The maximum Gasteiger partial charge on any atom is 0.335 e. The quantitative estimate of drug-likeness (QED) is 0.455. The average Bonchev–Trinajstić information content (AvgIpc) is 2.64. The molecule has 2 aromatic carbocycles. The molecule has 0 fully saturated rings. The standard InChI is InChI=1S/C23H33N2O4P/c1-7-28-30(27,29-8-2)16-18-12-14-19(15-13-18)24-22(26)25-21-17(3)10-9-11-20(21)23(4,5)6/h9-15H,7-8,16H2,1-6H3,(H2,24,25,26). The first-order chi connectivity index (χ1) is 14.1. The van der Waals surface area contributed by atoms with Crippen LogP contribution in [0.3, 0.4) is 0 Å². The second kappa shape index (κ2) is 10.3. The molecule has 6 nitrogen and oxygen atoms in total. The van der Waals surface area contributed by atoms with Crippen molar-refractivity contribution in [1.29, 1.82) is 0 Å². The molecule has 0 aliphatic carbocycles. The van der Waals surface area contributed by atoms with Gasteiger partial charge in [-0.3, -0.25) is 4.57 Å². The summed E-state index contributed by atoms with van der Waals surface area (Å²) in [6.07, 6.45) is 0.194. The molecule has 30 heavy (non-hydrogen) atoms. The maximum absolute atomic E-state index is 12.7. The molecule has 7 heteroatoms. The summed E-state index contributed by atoms with van der Waals surface area (Å²) in [6.45, 7) is 12.6. The Labute approximate surface area is 179 Å². The Hall–Kier alpha value is -2.14. The zero-order chi connectivity index (χ0) is 22.4. The molecule has 2 N–H and O–H groups in total. The van der Waals surface area contributed by atoms with Crippen molar-refractivity contribution in [3.05, 3.63) is 59.2 Å². The van der Waals surface area contributed by atoms with Gasteiger partial charge >= 0.3 is 13.6 Å². The molecule has 2 aromatic rings. The van der Waals surface area contributed by atoms with E-state index >= 15 is 0 Å². The average molecular weight is 433 g/mol. The highest BCUT2D eigenvalue weighted by atomic mass is 31.2. The number of urea groups is 1. The van der Waals surface area contributed by atoms with E-state index in [0.29, 0.717) is 18.9 Å². The van der Waals surface area contributed by atoms with Crippen LogP contribution in [0.5, 0.6) is 0 Å². The molecule has 0 spiro atoms. The van der Waals surface area contributed by atoms with Crippen molar-refractivity contribution in [3.8, 4) is 0 Å². The third kappa shape index (κ3) is 6.69. The fourth-order valence-electron chi connectivity index (χ4n) is 3.17. The number of carbonyl (C=O) groups excluding carboxylic acids is 1. The normalized spacial score (nSPS) is 11.9. The molecule has 0 aliphatic rings. The van der Waals surface area contributed by atoms with Crippen LogP contribution in [0.15, 0.2) is 42.5 Å². The van der Waals surface area contributed by atoms with Crippen LogP contribution in [0.4, 0.5) is 16.2 Å². The first-order valence-electron chi connectivity index (χ1n) is 10.2. The van der Waals surface area contributed by atoms with Gasteiger partial charge in [-0.15, -0.1) is 0 Å². The highest BCUT2D eigenvalue weighted by molar-refractivity contribution is 7.53. The second-order valence-electron chi connectivity index (χ2n) is 8.13. The lowest BCUT2D eigenvalue weighted by Crippen LogP contribution is -2.23. The molecule has 0 saturated carbocycles. The lowest BCUT2D eigenvalue weighted by Gasteiger charge is -2.24. The van der Waals surface area contributed by atoms with Crippen LogP contribution in [0.2, 0.25) is 0 Å². The van der Waals surface area contributed by atoms with Crippen LogP contribution >= 0.6 is 7.60 Å². The van der Waals surface area contributed by atoms with Crippen LogP contribution < -0.4 is 10.6 Å². The number of nitrogens with one attached hydrogen (secondary N) is 2. The van der Waals surface area contributed by atoms with Crippen molar-refractivity contribution in [2.24, 2.45) is 0 Å². The summed E-state index contributed by atoms with van der Waals surface area (Å²) in [5.41, 5.74) is 4.29. The Morgan fingerprint density at radius 1 is 0.967 bits per heavy atom. The maximum atomic E-state index is 12.7. The van der Waals surface area contributed by atoms with Gasteiger partial charge in [-0.2, -0.15) is 0 Å². The molecule has 0 unspecified atom stereocenters. The number of rotatable bonds is 8. The Morgan fingerprint density at radius 2 is 1.57 bits per heavy atom. The predicted molar refractivity (Wildman–Crippen MR) is 124 cm³/mol. The van der Waals surface area contributed by atoms with E-state index < -0.39 is 7.60 Å². The van der Waals surface area contributed by atoms with Gasteiger partial charge in [0.1, 0.15) is 0 Å². The summed E-state index contributed by atoms with van der Waals surface area (Å²) < 4.78 is 23.3. The molecule has 2 rings (SSSR count). The Balaban J connectivity index is 2.08. The Morgan fingerprint density at radius 3 is 2.10 bits per heavy atom. The smallest absolute Gasteiger partial charge is 0.309 e. The third-order valence-corrected chi connectivity index (χ3v) is 6.61. The Kier molecular flexibility index (Phi) is 8.25. The molecule has 0 saturated heterocycles. The van der Waals surface area contributed by atoms with Crippen LogP contribution in [-0.4, -0.2) is 19.2 Å². The zero-order valence-electron chi connectivity index (χ0n) is 18.7. The van der Waals surface area contributed by atoms with Crippen molar-refractivity contribution in [2.75, 3.05) is 23.8 Å². The van der Waals surface area contributed by atoms with Gasteiger partial charge in [-0.1, -0.05) is 51.1 Å². The predicted octanol–water partition coefficient (Wildman–Crippen LogP) is 6.70. The van der Waals surface area contributed by atoms with Crippen molar-refractivity contribution in [2.45, 2.75) is 53.1 Å². The summed E-state index contributed by atoms with van der Waals surface area (Å²) in [6, 6.07) is 12.9. The largest absolute Gasteiger partial charge is 0.335 e. The van der Waals surface area contributed by atoms with Crippen LogP contribution in [0, 0.1) is 6.92 Å². The number of benzene rings is 2. The van der Waals surface area contributed by atoms with Gasteiger partial charge in [-0.25, -0.2) is 4.79 Å². The summed E-state index contributed by atoms with van der Waals surface area (Å²) in [4.78, 5) is 12.6. The molecular weight excluding hydrogens is 399 g/mol. The van der Waals surface area contributed by atoms with Gasteiger partial charge in [0, 0.05) is 11.4 Å². The topological polar surface area (TPSA) is 76.7 Å². The van der Waals surface area contributed by atoms with Crippen molar-refractivity contribution < 1.29 is 18.4 Å². The van der Waals surface area contributed by atoms with E-state index in [0.717, 1.165) is 22.4 Å². The highest BCUT2D eigenvalue weighted by Gasteiger charge is 2.24. The Bertz CT molecular complexity index is 894. The minimum atomic E-state index is -3.16. The van der Waals surface area contributed by atoms with E-state index in [1.54, 1.807) is 26.0 Å². The van der Waals surface area contributed by atoms with Crippen molar-refractivity contribution >= 4 is 25.0 Å². The van der Waals surface area contributed by atoms with E-state index in [9.17, 15) is 9.36 Å². The summed E-state index contributed by atoms with van der Waals surface area (Å²) >= 11 is 0. The molecule has 2 amide bonds. The lowest BCUT2D eigenvalue weighted by atomic mass is 9.84. The summed E-state index contributed by atoms with van der Waals surface area (Å²) in [5, 5.41) is 5.84. The minimum absolute atomic E-state index is 0.0919.